The fraction of sp³-hybridized carbons (Fsp3) is 0.222. The predicted octanol–water partition coefficient (Wildman–Crippen LogP) is 1.45. The molecule has 0 aromatic heterocycles. The molecule has 7 heteroatoms. The molecule has 0 aliphatic heterocycles. The third kappa shape index (κ3) is 5.36. The Kier molecular flexibility index (Phi) is 6.19. The molecule has 0 aliphatic carbocycles. The summed E-state index contributed by atoms with van der Waals surface area (Å²) in [5.41, 5.74) is 0.442. The number of rotatable bonds is 6. The second kappa shape index (κ2) is 8.34. The van der Waals surface area contributed by atoms with Crippen molar-refractivity contribution in [2.75, 3.05) is 24.2 Å². The number of carbonyl (C=O) groups is 2. The van der Waals surface area contributed by atoms with Crippen molar-refractivity contribution in [3.8, 4) is 0 Å². The summed E-state index contributed by atoms with van der Waals surface area (Å²) in [5, 5.41) is 5.08. The highest BCUT2D eigenvalue weighted by atomic mass is 19.1. The molecule has 0 heterocycles. The molecule has 1 unspecified atom stereocenters. The predicted molar refractivity (Wildman–Crippen MR) is 91.3 cm³/mol. The van der Waals surface area contributed by atoms with Crippen LogP contribution in [-0.2, 0) is 9.59 Å². The van der Waals surface area contributed by atoms with Gasteiger partial charge in [0.1, 0.15) is 11.6 Å². The highest BCUT2D eigenvalue weighted by Gasteiger charge is 2.24. The SMILES string of the molecule is C[C@@H](C(=O)Nc1ccccc1F)[NH+](C)CC(=O)Nc1cccc(F)c1. The standard InChI is InChI=1S/C18H19F2N3O2/c1-12(18(25)22-16-9-4-3-8-15(16)20)23(2)11-17(24)21-14-7-5-6-13(19)10-14/h3-10,12H,11H2,1-2H3,(H,21,24)(H,22,25)/p+1/t12-/m0/s1. The number of amides is 2. The Bertz CT molecular complexity index is 767. The number of halogens is 2. The van der Waals surface area contributed by atoms with Gasteiger partial charge in [0.25, 0.3) is 11.8 Å². The Morgan fingerprint density at radius 3 is 2.48 bits per heavy atom. The van der Waals surface area contributed by atoms with Gasteiger partial charge in [0, 0.05) is 5.69 Å². The van der Waals surface area contributed by atoms with E-state index in [0.29, 0.717) is 10.6 Å². The Hall–Kier alpha value is -2.80. The van der Waals surface area contributed by atoms with E-state index in [-0.39, 0.29) is 18.1 Å². The first-order chi connectivity index (χ1) is 11.9. The Balaban J connectivity index is 1.90. The molecular weight excluding hydrogens is 328 g/mol. The summed E-state index contributed by atoms with van der Waals surface area (Å²) in [6.07, 6.45) is 0. The number of quaternary nitrogens is 1. The Labute approximate surface area is 144 Å². The molecule has 0 radical (unpaired) electrons. The topological polar surface area (TPSA) is 62.6 Å². The van der Waals surface area contributed by atoms with Gasteiger partial charge in [-0.3, -0.25) is 9.59 Å². The van der Waals surface area contributed by atoms with Crippen molar-refractivity contribution >= 4 is 23.2 Å². The maximum Gasteiger partial charge on any atom is 0.282 e. The molecule has 0 aliphatic rings. The van der Waals surface area contributed by atoms with E-state index in [1.165, 1.54) is 36.4 Å². The fourth-order valence-electron chi connectivity index (χ4n) is 2.21. The van der Waals surface area contributed by atoms with Gasteiger partial charge >= 0.3 is 0 Å². The van der Waals surface area contributed by atoms with Gasteiger partial charge in [-0.15, -0.1) is 0 Å². The molecule has 2 amide bonds. The quantitative estimate of drug-likeness (QED) is 0.740. The van der Waals surface area contributed by atoms with Crippen LogP contribution in [0.15, 0.2) is 48.5 Å². The van der Waals surface area contributed by atoms with E-state index in [4.69, 9.17) is 0 Å². The lowest BCUT2D eigenvalue weighted by molar-refractivity contribution is -0.885. The van der Waals surface area contributed by atoms with E-state index in [1.807, 2.05) is 0 Å². The molecule has 0 saturated carbocycles. The molecule has 2 rings (SSSR count). The first-order valence-corrected chi connectivity index (χ1v) is 7.80. The number of carbonyl (C=O) groups excluding carboxylic acids is 2. The summed E-state index contributed by atoms with van der Waals surface area (Å²) in [5.74, 6) is -1.73. The van der Waals surface area contributed by atoms with Crippen molar-refractivity contribution in [1.29, 1.82) is 0 Å². The van der Waals surface area contributed by atoms with Crippen molar-refractivity contribution in [3.05, 3.63) is 60.2 Å². The zero-order valence-electron chi connectivity index (χ0n) is 14.0. The van der Waals surface area contributed by atoms with Gasteiger partial charge in [0.2, 0.25) is 0 Å². The van der Waals surface area contributed by atoms with E-state index < -0.39 is 23.6 Å². The van der Waals surface area contributed by atoms with Gasteiger partial charge in [-0.25, -0.2) is 8.78 Å². The number of likely N-dealkylation sites (N-methyl/N-ethyl adjacent to an activating group) is 1. The normalized spacial score (nSPS) is 13.0. The second-order valence-electron chi connectivity index (χ2n) is 5.77. The fourth-order valence-corrected chi connectivity index (χ4v) is 2.21. The molecule has 3 N–H and O–H groups in total. The summed E-state index contributed by atoms with van der Waals surface area (Å²) in [6.45, 7) is 1.64. The van der Waals surface area contributed by atoms with Crippen LogP contribution in [0.25, 0.3) is 0 Å². The molecule has 2 atom stereocenters. The van der Waals surface area contributed by atoms with Gasteiger partial charge in [0.05, 0.1) is 12.7 Å². The van der Waals surface area contributed by atoms with Crippen LogP contribution in [0.4, 0.5) is 20.2 Å². The van der Waals surface area contributed by atoms with Crippen molar-refractivity contribution in [2.45, 2.75) is 13.0 Å². The number of hydrogen-bond acceptors (Lipinski definition) is 2. The van der Waals surface area contributed by atoms with Gasteiger partial charge in [-0.1, -0.05) is 18.2 Å². The van der Waals surface area contributed by atoms with Crippen LogP contribution in [0.5, 0.6) is 0 Å². The molecule has 2 aromatic carbocycles. The average molecular weight is 348 g/mol. The first-order valence-electron chi connectivity index (χ1n) is 7.80. The van der Waals surface area contributed by atoms with Crippen molar-refractivity contribution in [1.82, 2.24) is 0 Å². The highest BCUT2D eigenvalue weighted by molar-refractivity contribution is 5.94. The minimum Gasteiger partial charge on any atom is -0.321 e. The Morgan fingerprint density at radius 2 is 1.80 bits per heavy atom. The minimum absolute atomic E-state index is 0.00235. The summed E-state index contributed by atoms with van der Waals surface area (Å²) in [6, 6.07) is 10.8. The lowest BCUT2D eigenvalue weighted by Crippen LogP contribution is -3.14. The minimum atomic E-state index is -0.585. The number of benzene rings is 2. The van der Waals surface area contributed by atoms with Crippen LogP contribution in [-0.4, -0.2) is 31.4 Å². The third-order valence-electron chi connectivity index (χ3n) is 3.81. The van der Waals surface area contributed by atoms with Crippen LogP contribution in [0.3, 0.4) is 0 Å². The maximum absolute atomic E-state index is 13.6. The van der Waals surface area contributed by atoms with Crippen LogP contribution >= 0.6 is 0 Å². The number of para-hydroxylation sites is 1. The van der Waals surface area contributed by atoms with Crippen molar-refractivity contribution in [3.63, 3.8) is 0 Å². The summed E-state index contributed by atoms with van der Waals surface area (Å²) >= 11 is 0. The van der Waals surface area contributed by atoms with Crippen molar-refractivity contribution < 1.29 is 23.3 Å². The second-order valence-corrected chi connectivity index (χ2v) is 5.77. The highest BCUT2D eigenvalue weighted by Crippen LogP contribution is 2.12. The van der Waals surface area contributed by atoms with Crippen LogP contribution in [0.1, 0.15) is 6.92 Å². The monoisotopic (exact) mass is 348 g/mol. The van der Waals surface area contributed by atoms with E-state index in [0.717, 1.165) is 0 Å². The summed E-state index contributed by atoms with van der Waals surface area (Å²) < 4.78 is 26.7. The number of hydrogen-bond donors (Lipinski definition) is 3. The van der Waals surface area contributed by atoms with Gasteiger partial charge < -0.3 is 15.5 Å². The molecule has 0 bridgehead atoms. The van der Waals surface area contributed by atoms with E-state index in [9.17, 15) is 18.4 Å². The lowest BCUT2D eigenvalue weighted by atomic mass is 10.2. The average Bonchev–Trinajstić information content (AvgIpc) is 2.56. The zero-order valence-corrected chi connectivity index (χ0v) is 14.0. The molecular formula is C18H20F2N3O2+. The molecule has 2 aromatic rings. The summed E-state index contributed by atoms with van der Waals surface area (Å²) in [7, 11) is 1.68. The van der Waals surface area contributed by atoms with Crippen LogP contribution in [0, 0.1) is 11.6 Å². The van der Waals surface area contributed by atoms with E-state index in [1.54, 1.807) is 26.1 Å². The smallest absolute Gasteiger partial charge is 0.282 e. The molecule has 0 saturated heterocycles. The number of nitrogens with one attached hydrogen (secondary N) is 3. The zero-order chi connectivity index (χ0) is 18.4. The van der Waals surface area contributed by atoms with Crippen molar-refractivity contribution in [2.24, 2.45) is 0 Å². The largest absolute Gasteiger partial charge is 0.321 e. The maximum atomic E-state index is 13.6. The van der Waals surface area contributed by atoms with Gasteiger partial charge in [-0.05, 0) is 37.3 Å². The van der Waals surface area contributed by atoms with Crippen LogP contribution < -0.4 is 15.5 Å². The van der Waals surface area contributed by atoms with Gasteiger partial charge in [-0.2, -0.15) is 0 Å². The Morgan fingerprint density at radius 1 is 1.08 bits per heavy atom. The molecule has 132 valence electrons. The molecule has 5 nitrogen and oxygen atoms in total. The van der Waals surface area contributed by atoms with Gasteiger partial charge in [0.15, 0.2) is 12.6 Å². The third-order valence-corrected chi connectivity index (χ3v) is 3.81. The summed E-state index contributed by atoms with van der Waals surface area (Å²) in [4.78, 5) is 24.9. The lowest BCUT2D eigenvalue weighted by Gasteiger charge is -2.20. The molecule has 0 spiro atoms. The van der Waals surface area contributed by atoms with E-state index in [2.05, 4.69) is 10.6 Å². The van der Waals surface area contributed by atoms with Crippen LogP contribution in [0.2, 0.25) is 0 Å². The van der Waals surface area contributed by atoms with E-state index >= 15 is 0 Å². The molecule has 25 heavy (non-hydrogen) atoms. The number of anilines is 2. The first kappa shape index (κ1) is 18.5. The molecule has 0 fully saturated rings.